The van der Waals surface area contributed by atoms with Crippen LogP contribution in [0.4, 0.5) is 5.69 Å². The number of hydrogen-bond acceptors (Lipinski definition) is 3. The lowest BCUT2D eigenvalue weighted by atomic mass is 10.2. The smallest absolute Gasteiger partial charge is 0.274 e. The molecule has 2 aromatic rings. The standard InChI is InChI=1S/C13H16N4O/c1-2-10-11(14)12(17-16-10)13(18)15-8-9-6-4-3-5-7-9/h3-7H,2,8,14H2,1H3,(H,15,18)(H,16,17). The van der Waals surface area contributed by atoms with Crippen molar-refractivity contribution in [3.8, 4) is 0 Å². The molecular formula is C13H16N4O. The highest BCUT2D eigenvalue weighted by Gasteiger charge is 2.15. The third-order valence-corrected chi connectivity index (χ3v) is 2.75. The summed E-state index contributed by atoms with van der Waals surface area (Å²) >= 11 is 0. The van der Waals surface area contributed by atoms with Gasteiger partial charge in [-0.25, -0.2) is 0 Å². The Labute approximate surface area is 105 Å². The number of nitrogens with two attached hydrogens (primary N) is 1. The Morgan fingerprint density at radius 2 is 2.11 bits per heavy atom. The average Bonchev–Trinajstić information content (AvgIpc) is 2.78. The van der Waals surface area contributed by atoms with Crippen LogP contribution in [-0.2, 0) is 13.0 Å². The number of amides is 1. The zero-order valence-electron chi connectivity index (χ0n) is 10.2. The van der Waals surface area contributed by atoms with E-state index in [9.17, 15) is 4.79 Å². The monoisotopic (exact) mass is 244 g/mol. The number of nitrogens with one attached hydrogen (secondary N) is 2. The second kappa shape index (κ2) is 5.35. The first-order valence-corrected chi connectivity index (χ1v) is 5.87. The van der Waals surface area contributed by atoms with Gasteiger partial charge in [-0.1, -0.05) is 37.3 Å². The van der Waals surface area contributed by atoms with E-state index in [0.717, 1.165) is 17.7 Å². The molecule has 5 nitrogen and oxygen atoms in total. The SMILES string of the molecule is CCc1[nH]nc(C(=O)NCc2ccccc2)c1N. The lowest BCUT2D eigenvalue weighted by Crippen LogP contribution is -2.24. The predicted octanol–water partition coefficient (Wildman–Crippen LogP) is 1.48. The number of anilines is 1. The van der Waals surface area contributed by atoms with Gasteiger partial charge in [0.15, 0.2) is 5.69 Å². The van der Waals surface area contributed by atoms with E-state index < -0.39 is 0 Å². The minimum atomic E-state index is -0.257. The maximum absolute atomic E-state index is 11.9. The van der Waals surface area contributed by atoms with E-state index >= 15 is 0 Å². The zero-order valence-corrected chi connectivity index (χ0v) is 10.2. The lowest BCUT2D eigenvalue weighted by molar-refractivity contribution is 0.0947. The van der Waals surface area contributed by atoms with Crippen LogP contribution >= 0.6 is 0 Å². The van der Waals surface area contributed by atoms with Crippen LogP contribution in [0.5, 0.6) is 0 Å². The first kappa shape index (κ1) is 12.2. The summed E-state index contributed by atoms with van der Waals surface area (Å²) in [5, 5.41) is 9.50. The number of carbonyl (C=O) groups excluding carboxylic acids is 1. The maximum atomic E-state index is 11.9. The Hall–Kier alpha value is -2.30. The van der Waals surface area contributed by atoms with E-state index in [-0.39, 0.29) is 11.6 Å². The highest BCUT2D eigenvalue weighted by Crippen LogP contribution is 2.14. The molecule has 0 saturated heterocycles. The van der Waals surface area contributed by atoms with Crippen molar-refractivity contribution >= 4 is 11.6 Å². The van der Waals surface area contributed by atoms with Crippen LogP contribution in [0.25, 0.3) is 0 Å². The fourth-order valence-corrected chi connectivity index (χ4v) is 1.69. The third kappa shape index (κ3) is 2.51. The summed E-state index contributed by atoms with van der Waals surface area (Å²) in [5.74, 6) is -0.257. The number of hydrogen-bond donors (Lipinski definition) is 3. The molecular weight excluding hydrogens is 228 g/mol. The van der Waals surface area contributed by atoms with Gasteiger partial charge in [0.1, 0.15) is 0 Å². The quantitative estimate of drug-likeness (QED) is 0.761. The summed E-state index contributed by atoms with van der Waals surface area (Å²) < 4.78 is 0. The number of aryl methyl sites for hydroxylation is 1. The number of nitrogen functional groups attached to an aromatic ring is 1. The lowest BCUT2D eigenvalue weighted by Gasteiger charge is -2.03. The van der Waals surface area contributed by atoms with E-state index in [2.05, 4.69) is 15.5 Å². The van der Waals surface area contributed by atoms with Gasteiger partial charge in [0.05, 0.1) is 11.4 Å². The zero-order chi connectivity index (χ0) is 13.0. The van der Waals surface area contributed by atoms with Crippen molar-refractivity contribution in [1.29, 1.82) is 0 Å². The van der Waals surface area contributed by atoms with Gasteiger partial charge in [-0.05, 0) is 12.0 Å². The molecule has 0 aliphatic heterocycles. The van der Waals surface area contributed by atoms with Gasteiger partial charge < -0.3 is 11.1 Å². The number of H-pyrrole nitrogens is 1. The molecule has 0 aliphatic carbocycles. The predicted molar refractivity (Wildman–Crippen MR) is 70.0 cm³/mol. The maximum Gasteiger partial charge on any atom is 0.274 e. The second-order valence-electron chi connectivity index (χ2n) is 3.99. The largest absolute Gasteiger partial charge is 0.395 e. The van der Waals surface area contributed by atoms with Crippen LogP contribution in [-0.4, -0.2) is 16.1 Å². The summed E-state index contributed by atoms with van der Waals surface area (Å²) in [6.07, 6.45) is 0.727. The number of rotatable bonds is 4. The Morgan fingerprint density at radius 3 is 2.72 bits per heavy atom. The molecule has 0 fully saturated rings. The molecule has 1 amide bonds. The van der Waals surface area contributed by atoms with E-state index in [1.165, 1.54) is 0 Å². The minimum absolute atomic E-state index is 0.257. The highest BCUT2D eigenvalue weighted by molar-refractivity contribution is 5.97. The average molecular weight is 244 g/mol. The van der Waals surface area contributed by atoms with E-state index in [1.807, 2.05) is 37.3 Å². The van der Waals surface area contributed by atoms with E-state index in [4.69, 9.17) is 5.73 Å². The number of benzene rings is 1. The molecule has 2 rings (SSSR count). The summed E-state index contributed by atoms with van der Waals surface area (Å²) in [6, 6.07) is 9.70. The van der Waals surface area contributed by atoms with Crippen LogP contribution in [0.15, 0.2) is 30.3 Å². The van der Waals surface area contributed by atoms with Crippen molar-refractivity contribution < 1.29 is 4.79 Å². The second-order valence-corrected chi connectivity index (χ2v) is 3.99. The van der Waals surface area contributed by atoms with Gasteiger partial charge in [0.25, 0.3) is 5.91 Å². The van der Waals surface area contributed by atoms with Gasteiger partial charge in [0.2, 0.25) is 0 Å². The Bertz CT molecular complexity index is 533. The summed E-state index contributed by atoms with van der Waals surface area (Å²) in [4.78, 5) is 11.9. The normalized spacial score (nSPS) is 10.3. The topological polar surface area (TPSA) is 83.8 Å². The molecule has 94 valence electrons. The van der Waals surface area contributed by atoms with Gasteiger partial charge in [-0.2, -0.15) is 5.10 Å². The third-order valence-electron chi connectivity index (χ3n) is 2.75. The Balaban J connectivity index is 2.02. The van der Waals surface area contributed by atoms with Crippen molar-refractivity contribution in [2.75, 3.05) is 5.73 Å². The molecule has 0 unspecified atom stereocenters. The molecule has 0 aliphatic rings. The molecule has 1 aromatic carbocycles. The number of nitrogens with zero attached hydrogens (tertiary/aromatic N) is 1. The number of aromatic nitrogens is 2. The fraction of sp³-hybridized carbons (Fsp3) is 0.231. The number of carbonyl (C=O) groups is 1. The summed E-state index contributed by atoms with van der Waals surface area (Å²) in [7, 11) is 0. The Kier molecular flexibility index (Phi) is 3.62. The van der Waals surface area contributed by atoms with Crippen LogP contribution in [0, 0.1) is 0 Å². The first-order valence-electron chi connectivity index (χ1n) is 5.87. The van der Waals surface area contributed by atoms with Crippen LogP contribution < -0.4 is 11.1 Å². The summed E-state index contributed by atoms with van der Waals surface area (Å²) in [6.45, 7) is 2.42. The van der Waals surface area contributed by atoms with Crippen LogP contribution in [0.2, 0.25) is 0 Å². The van der Waals surface area contributed by atoms with Gasteiger partial charge in [0, 0.05) is 6.54 Å². The molecule has 4 N–H and O–H groups in total. The first-order chi connectivity index (χ1) is 8.72. The molecule has 0 radical (unpaired) electrons. The summed E-state index contributed by atoms with van der Waals surface area (Å²) in [5.41, 5.74) is 8.36. The molecule has 1 heterocycles. The highest BCUT2D eigenvalue weighted by atomic mass is 16.1. The number of aromatic amines is 1. The van der Waals surface area contributed by atoms with Gasteiger partial charge in [-0.15, -0.1) is 0 Å². The fourth-order valence-electron chi connectivity index (χ4n) is 1.69. The van der Waals surface area contributed by atoms with Crippen molar-refractivity contribution in [3.05, 3.63) is 47.3 Å². The Morgan fingerprint density at radius 1 is 1.39 bits per heavy atom. The van der Waals surface area contributed by atoms with Crippen molar-refractivity contribution in [1.82, 2.24) is 15.5 Å². The molecule has 5 heteroatoms. The molecule has 0 spiro atoms. The van der Waals surface area contributed by atoms with Crippen molar-refractivity contribution in [2.24, 2.45) is 0 Å². The van der Waals surface area contributed by atoms with Crippen molar-refractivity contribution in [2.45, 2.75) is 19.9 Å². The minimum Gasteiger partial charge on any atom is -0.395 e. The molecule has 0 atom stereocenters. The molecule has 0 saturated carbocycles. The van der Waals surface area contributed by atoms with Crippen molar-refractivity contribution in [3.63, 3.8) is 0 Å². The van der Waals surface area contributed by atoms with E-state index in [1.54, 1.807) is 0 Å². The van der Waals surface area contributed by atoms with Gasteiger partial charge >= 0.3 is 0 Å². The molecule has 1 aromatic heterocycles. The molecule has 18 heavy (non-hydrogen) atoms. The molecule has 0 bridgehead atoms. The van der Waals surface area contributed by atoms with Crippen LogP contribution in [0.1, 0.15) is 28.7 Å². The van der Waals surface area contributed by atoms with Gasteiger partial charge in [-0.3, -0.25) is 9.89 Å². The van der Waals surface area contributed by atoms with E-state index in [0.29, 0.717) is 12.2 Å². The van der Waals surface area contributed by atoms with Crippen LogP contribution in [0.3, 0.4) is 0 Å².